The highest BCUT2D eigenvalue weighted by Crippen LogP contribution is 2.23. The molecule has 1 atom stereocenters. The number of hydrogen-bond acceptors (Lipinski definition) is 3. The van der Waals surface area contributed by atoms with Crippen molar-refractivity contribution in [3.8, 4) is 5.75 Å². The lowest BCUT2D eigenvalue weighted by atomic mass is 10.0. The van der Waals surface area contributed by atoms with Crippen molar-refractivity contribution in [3.05, 3.63) is 100.0 Å². The highest BCUT2D eigenvalue weighted by Gasteiger charge is 2.17. The van der Waals surface area contributed by atoms with Crippen LogP contribution in [0.4, 0.5) is 0 Å². The number of methoxy groups -OCH3 is 1. The standard InChI is InChI=1S/C23H23N3O2/c1-16-14-26-21(13-24-22(26)17(2)19-7-5-4-6-8-19)23(27)25(16)15-18-9-11-20(28-3)12-10-18/h4-14,17H,15H2,1-3H3/t17-/m1/s1. The van der Waals surface area contributed by atoms with Gasteiger partial charge in [-0.05, 0) is 30.2 Å². The first kappa shape index (κ1) is 18.0. The van der Waals surface area contributed by atoms with E-state index in [2.05, 4.69) is 24.0 Å². The number of imidazole rings is 1. The second-order valence-corrected chi connectivity index (χ2v) is 7.01. The number of ether oxygens (including phenoxy) is 1. The molecule has 5 nitrogen and oxygen atoms in total. The second-order valence-electron chi connectivity index (χ2n) is 7.01. The van der Waals surface area contributed by atoms with Crippen LogP contribution in [0.5, 0.6) is 5.75 Å². The Morgan fingerprint density at radius 3 is 2.46 bits per heavy atom. The zero-order valence-corrected chi connectivity index (χ0v) is 16.3. The van der Waals surface area contributed by atoms with E-state index >= 15 is 0 Å². The molecular formula is C23H23N3O2. The van der Waals surface area contributed by atoms with E-state index in [0.29, 0.717) is 12.1 Å². The van der Waals surface area contributed by atoms with Crippen molar-refractivity contribution in [2.75, 3.05) is 7.11 Å². The van der Waals surface area contributed by atoms with Gasteiger partial charge in [0.1, 0.15) is 17.1 Å². The summed E-state index contributed by atoms with van der Waals surface area (Å²) in [4.78, 5) is 17.7. The molecule has 0 aliphatic rings. The second kappa shape index (κ2) is 7.35. The summed E-state index contributed by atoms with van der Waals surface area (Å²) in [5.74, 6) is 1.77. The quantitative estimate of drug-likeness (QED) is 0.531. The lowest BCUT2D eigenvalue weighted by Crippen LogP contribution is -2.25. The molecule has 5 heteroatoms. The minimum atomic E-state index is -0.0326. The van der Waals surface area contributed by atoms with Crippen molar-refractivity contribution in [1.82, 2.24) is 14.0 Å². The van der Waals surface area contributed by atoms with Gasteiger partial charge in [-0.1, -0.05) is 49.4 Å². The SMILES string of the molecule is COc1ccc(Cn2c(C)cn3c([C@H](C)c4ccccc4)ncc3c2=O)cc1. The third-order valence-corrected chi connectivity index (χ3v) is 5.22. The maximum atomic E-state index is 13.1. The fourth-order valence-electron chi connectivity index (χ4n) is 3.55. The van der Waals surface area contributed by atoms with Gasteiger partial charge < -0.3 is 9.30 Å². The summed E-state index contributed by atoms with van der Waals surface area (Å²) in [6.45, 7) is 4.59. The number of aromatic nitrogens is 3. The molecule has 4 rings (SSSR count). The summed E-state index contributed by atoms with van der Waals surface area (Å²) >= 11 is 0. The zero-order chi connectivity index (χ0) is 19.7. The minimum Gasteiger partial charge on any atom is -0.497 e. The molecule has 4 aromatic rings. The molecule has 0 N–H and O–H groups in total. The fourth-order valence-corrected chi connectivity index (χ4v) is 3.55. The molecular weight excluding hydrogens is 350 g/mol. The van der Waals surface area contributed by atoms with E-state index < -0.39 is 0 Å². The lowest BCUT2D eigenvalue weighted by molar-refractivity contribution is 0.414. The highest BCUT2D eigenvalue weighted by molar-refractivity contribution is 5.46. The average molecular weight is 373 g/mol. The van der Waals surface area contributed by atoms with Gasteiger partial charge in [0.25, 0.3) is 5.56 Å². The fraction of sp³-hybridized carbons (Fsp3) is 0.217. The summed E-state index contributed by atoms with van der Waals surface area (Å²) in [6.07, 6.45) is 3.68. The number of aryl methyl sites for hydroxylation is 1. The molecule has 0 spiro atoms. The molecule has 28 heavy (non-hydrogen) atoms. The molecule has 2 aromatic heterocycles. The van der Waals surface area contributed by atoms with Gasteiger partial charge in [0.2, 0.25) is 0 Å². The van der Waals surface area contributed by atoms with Gasteiger partial charge in [-0.2, -0.15) is 0 Å². The maximum Gasteiger partial charge on any atom is 0.276 e. The Hall–Kier alpha value is -3.34. The number of nitrogens with zero attached hydrogens (tertiary/aromatic N) is 3. The zero-order valence-electron chi connectivity index (χ0n) is 16.3. The maximum absolute atomic E-state index is 13.1. The van der Waals surface area contributed by atoms with Gasteiger partial charge in [-0.25, -0.2) is 4.98 Å². The van der Waals surface area contributed by atoms with Crippen LogP contribution in [0, 0.1) is 6.92 Å². The van der Waals surface area contributed by atoms with Crippen molar-refractivity contribution >= 4 is 5.52 Å². The first-order chi connectivity index (χ1) is 13.6. The van der Waals surface area contributed by atoms with Crippen LogP contribution in [-0.2, 0) is 6.54 Å². The Morgan fingerprint density at radius 2 is 1.79 bits per heavy atom. The molecule has 2 heterocycles. The molecule has 0 saturated heterocycles. The van der Waals surface area contributed by atoms with Crippen LogP contribution in [0.1, 0.15) is 35.5 Å². The Labute approximate surface area is 163 Å². The molecule has 0 unspecified atom stereocenters. The van der Waals surface area contributed by atoms with Crippen molar-refractivity contribution in [2.24, 2.45) is 0 Å². The van der Waals surface area contributed by atoms with Crippen molar-refractivity contribution in [1.29, 1.82) is 0 Å². The summed E-state index contributed by atoms with van der Waals surface area (Å²) in [7, 11) is 1.64. The minimum absolute atomic E-state index is 0.0326. The molecule has 0 aliphatic carbocycles. The third-order valence-electron chi connectivity index (χ3n) is 5.22. The Bertz CT molecular complexity index is 1160. The monoisotopic (exact) mass is 373 g/mol. The molecule has 0 aliphatic heterocycles. The normalized spacial score (nSPS) is 12.2. The van der Waals surface area contributed by atoms with Crippen LogP contribution in [0.3, 0.4) is 0 Å². The molecule has 142 valence electrons. The van der Waals surface area contributed by atoms with E-state index in [-0.39, 0.29) is 11.5 Å². The van der Waals surface area contributed by atoms with Crippen molar-refractivity contribution in [3.63, 3.8) is 0 Å². The van der Waals surface area contributed by atoms with Crippen LogP contribution < -0.4 is 10.3 Å². The molecule has 0 radical (unpaired) electrons. The summed E-state index contributed by atoms with van der Waals surface area (Å²) in [6, 6.07) is 18.0. The predicted molar refractivity (Wildman–Crippen MR) is 110 cm³/mol. The van der Waals surface area contributed by atoms with E-state index in [4.69, 9.17) is 4.74 Å². The van der Waals surface area contributed by atoms with Gasteiger partial charge in [-0.3, -0.25) is 9.20 Å². The summed E-state index contributed by atoms with van der Waals surface area (Å²) in [5, 5.41) is 0. The lowest BCUT2D eigenvalue weighted by Gasteiger charge is -2.14. The molecule has 0 fully saturated rings. The van der Waals surface area contributed by atoms with Gasteiger partial charge in [0.05, 0.1) is 19.9 Å². The number of hydrogen-bond donors (Lipinski definition) is 0. The van der Waals surface area contributed by atoms with Crippen molar-refractivity contribution < 1.29 is 4.74 Å². The first-order valence-corrected chi connectivity index (χ1v) is 9.33. The summed E-state index contributed by atoms with van der Waals surface area (Å²) < 4.78 is 8.92. The van der Waals surface area contributed by atoms with E-state index in [1.165, 1.54) is 5.56 Å². The van der Waals surface area contributed by atoms with Crippen LogP contribution >= 0.6 is 0 Å². The largest absolute Gasteiger partial charge is 0.497 e. The van der Waals surface area contributed by atoms with E-state index in [1.807, 2.05) is 60.0 Å². The summed E-state index contributed by atoms with van der Waals surface area (Å²) in [5.41, 5.74) is 3.68. The van der Waals surface area contributed by atoms with E-state index in [1.54, 1.807) is 17.9 Å². The highest BCUT2D eigenvalue weighted by atomic mass is 16.5. The van der Waals surface area contributed by atoms with Crippen molar-refractivity contribution in [2.45, 2.75) is 26.3 Å². The van der Waals surface area contributed by atoms with Crippen LogP contribution in [0.15, 0.2) is 71.8 Å². The van der Waals surface area contributed by atoms with Crippen LogP contribution in [-0.4, -0.2) is 21.1 Å². The third kappa shape index (κ3) is 3.20. The molecule has 0 amide bonds. The molecule has 2 aromatic carbocycles. The van der Waals surface area contributed by atoms with Gasteiger partial charge in [-0.15, -0.1) is 0 Å². The number of benzene rings is 2. The average Bonchev–Trinajstić information content (AvgIpc) is 3.15. The molecule has 0 saturated carbocycles. The first-order valence-electron chi connectivity index (χ1n) is 9.33. The predicted octanol–water partition coefficient (Wildman–Crippen LogP) is 4.01. The van der Waals surface area contributed by atoms with Crippen LogP contribution in [0.25, 0.3) is 5.52 Å². The topological polar surface area (TPSA) is 48.5 Å². The van der Waals surface area contributed by atoms with Crippen LogP contribution in [0.2, 0.25) is 0 Å². The number of rotatable bonds is 5. The van der Waals surface area contributed by atoms with Gasteiger partial charge in [0, 0.05) is 17.8 Å². The number of fused-ring (bicyclic) bond motifs is 1. The Kier molecular flexibility index (Phi) is 4.74. The van der Waals surface area contributed by atoms with Gasteiger partial charge in [0.15, 0.2) is 0 Å². The van der Waals surface area contributed by atoms with E-state index in [0.717, 1.165) is 22.8 Å². The van der Waals surface area contributed by atoms with Gasteiger partial charge >= 0.3 is 0 Å². The molecule has 0 bridgehead atoms. The Balaban J connectivity index is 1.74. The Morgan fingerprint density at radius 1 is 1.07 bits per heavy atom. The smallest absolute Gasteiger partial charge is 0.276 e. The van der Waals surface area contributed by atoms with E-state index in [9.17, 15) is 4.79 Å².